The van der Waals surface area contributed by atoms with Gasteiger partial charge in [0.25, 0.3) is 0 Å². The molecular weight excluding hydrogens is 226 g/mol. The molecular formula is C14H13N3O. The van der Waals surface area contributed by atoms with E-state index in [2.05, 4.69) is 17.0 Å². The van der Waals surface area contributed by atoms with Gasteiger partial charge in [-0.1, -0.05) is 30.2 Å². The number of fused-ring (bicyclic) bond motifs is 2. The molecule has 0 radical (unpaired) electrons. The first-order valence-electron chi connectivity index (χ1n) is 5.88. The first-order chi connectivity index (χ1) is 8.70. The van der Waals surface area contributed by atoms with Gasteiger partial charge < -0.3 is 5.73 Å². The van der Waals surface area contributed by atoms with Gasteiger partial charge in [-0.2, -0.15) is 4.99 Å². The van der Waals surface area contributed by atoms with Gasteiger partial charge in [0.05, 0.1) is 6.54 Å². The Balaban J connectivity index is 2.18. The van der Waals surface area contributed by atoms with Crippen LogP contribution in [0.3, 0.4) is 0 Å². The summed E-state index contributed by atoms with van der Waals surface area (Å²) in [7, 11) is 0. The molecule has 1 aromatic carbocycles. The summed E-state index contributed by atoms with van der Waals surface area (Å²) in [5.74, 6) is 2.89. The van der Waals surface area contributed by atoms with Crippen LogP contribution in [-0.2, 0) is 12.0 Å². The lowest BCUT2D eigenvalue weighted by molar-refractivity contribution is 0.182. The first kappa shape index (κ1) is 10.8. The van der Waals surface area contributed by atoms with E-state index in [0.717, 1.165) is 18.4 Å². The number of hydrogen-bond acceptors (Lipinski definition) is 2. The number of nitrogens with zero attached hydrogens (tertiary/aromatic N) is 2. The highest BCUT2D eigenvalue weighted by molar-refractivity contribution is 6.07. The summed E-state index contributed by atoms with van der Waals surface area (Å²) in [6.07, 6.45) is 7.00. The van der Waals surface area contributed by atoms with Crippen molar-refractivity contribution in [2.75, 3.05) is 6.54 Å². The Bertz CT molecular complexity index is 599. The molecule has 1 aliphatic carbocycles. The van der Waals surface area contributed by atoms with Crippen LogP contribution in [-0.4, -0.2) is 23.3 Å². The maximum Gasteiger partial charge on any atom is 0.347 e. The van der Waals surface area contributed by atoms with E-state index in [0.29, 0.717) is 5.84 Å². The SMILES string of the molecule is C#CCN1C(=O)N=C(N)C12CCc1ccccc12. The smallest absolute Gasteiger partial charge is 0.347 e. The standard InChI is InChI=1S/C14H13N3O/c1-2-9-17-13(18)16-12(15)14(17)8-7-10-5-3-4-6-11(10)14/h1,3-6H,7-9H2,(H2,15,16,18). The lowest BCUT2D eigenvalue weighted by atomic mass is 9.89. The molecule has 1 spiro atoms. The number of amidine groups is 1. The van der Waals surface area contributed by atoms with Crippen LogP contribution in [0.15, 0.2) is 29.3 Å². The third-order valence-corrected chi connectivity index (χ3v) is 3.80. The maximum absolute atomic E-state index is 11.9. The highest BCUT2D eigenvalue weighted by Crippen LogP contribution is 2.44. The topological polar surface area (TPSA) is 58.7 Å². The minimum atomic E-state index is -0.611. The highest BCUT2D eigenvalue weighted by Gasteiger charge is 2.52. The lowest BCUT2D eigenvalue weighted by Crippen LogP contribution is -2.50. The van der Waals surface area contributed by atoms with Gasteiger partial charge in [0.1, 0.15) is 11.4 Å². The summed E-state index contributed by atoms with van der Waals surface area (Å²) >= 11 is 0. The molecule has 4 nitrogen and oxygen atoms in total. The Morgan fingerprint density at radius 3 is 3.06 bits per heavy atom. The Hall–Kier alpha value is -2.28. The van der Waals surface area contributed by atoms with Gasteiger partial charge in [-0.15, -0.1) is 6.42 Å². The maximum atomic E-state index is 11.9. The van der Waals surface area contributed by atoms with Crippen LogP contribution < -0.4 is 5.73 Å². The fourth-order valence-electron chi connectivity index (χ4n) is 2.99. The van der Waals surface area contributed by atoms with E-state index < -0.39 is 5.54 Å². The molecule has 1 aromatic rings. The number of carbonyl (C=O) groups excluding carboxylic acids is 1. The van der Waals surface area contributed by atoms with Crippen molar-refractivity contribution in [3.63, 3.8) is 0 Å². The molecule has 0 bridgehead atoms. The van der Waals surface area contributed by atoms with Crippen molar-refractivity contribution in [1.82, 2.24) is 4.90 Å². The number of terminal acetylenes is 1. The van der Waals surface area contributed by atoms with Crippen LogP contribution in [0.25, 0.3) is 0 Å². The van der Waals surface area contributed by atoms with E-state index in [1.807, 2.05) is 18.2 Å². The number of urea groups is 1. The van der Waals surface area contributed by atoms with E-state index in [4.69, 9.17) is 12.2 Å². The van der Waals surface area contributed by atoms with Crippen LogP contribution >= 0.6 is 0 Å². The fourth-order valence-corrected chi connectivity index (χ4v) is 2.99. The van der Waals surface area contributed by atoms with Crippen molar-refractivity contribution in [2.45, 2.75) is 18.4 Å². The average Bonchev–Trinajstić information content (AvgIpc) is 2.86. The number of hydrogen-bond donors (Lipinski definition) is 1. The van der Waals surface area contributed by atoms with Crippen molar-refractivity contribution in [1.29, 1.82) is 0 Å². The van der Waals surface area contributed by atoms with Gasteiger partial charge in [0.15, 0.2) is 0 Å². The number of aliphatic imine (C=N–C) groups is 1. The summed E-state index contributed by atoms with van der Waals surface area (Å²) in [5.41, 5.74) is 7.69. The van der Waals surface area contributed by atoms with Gasteiger partial charge in [0.2, 0.25) is 0 Å². The van der Waals surface area contributed by atoms with Crippen LogP contribution in [0, 0.1) is 12.3 Å². The Kier molecular flexibility index (Phi) is 2.17. The summed E-state index contributed by atoms with van der Waals surface area (Å²) in [4.78, 5) is 17.4. The van der Waals surface area contributed by atoms with Crippen molar-refractivity contribution >= 4 is 11.9 Å². The van der Waals surface area contributed by atoms with E-state index in [9.17, 15) is 4.79 Å². The van der Waals surface area contributed by atoms with E-state index in [1.165, 1.54) is 5.56 Å². The molecule has 0 saturated heterocycles. The molecule has 1 unspecified atom stereocenters. The third kappa shape index (κ3) is 1.16. The second kappa shape index (κ2) is 3.61. The molecule has 2 aliphatic rings. The van der Waals surface area contributed by atoms with Crippen molar-refractivity contribution in [2.24, 2.45) is 10.7 Å². The summed E-state index contributed by atoms with van der Waals surface area (Å²) in [6.45, 7) is 0.233. The van der Waals surface area contributed by atoms with Crippen LogP contribution in [0.1, 0.15) is 17.5 Å². The second-order valence-electron chi connectivity index (χ2n) is 4.59. The van der Waals surface area contributed by atoms with Gasteiger partial charge in [-0.25, -0.2) is 4.79 Å². The van der Waals surface area contributed by atoms with Gasteiger partial charge in [0, 0.05) is 0 Å². The predicted molar refractivity (Wildman–Crippen MR) is 69.0 cm³/mol. The molecule has 1 heterocycles. The first-order valence-corrected chi connectivity index (χ1v) is 5.88. The molecule has 0 saturated carbocycles. The number of rotatable bonds is 1. The molecule has 18 heavy (non-hydrogen) atoms. The van der Waals surface area contributed by atoms with Crippen molar-refractivity contribution < 1.29 is 4.79 Å². The molecule has 0 fully saturated rings. The molecule has 2 amide bonds. The Labute approximate surface area is 105 Å². The molecule has 90 valence electrons. The molecule has 0 aromatic heterocycles. The Morgan fingerprint density at radius 1 is 1.50 bits per heavy atom. The predicted octanol–water partition coefficient (Wildman–Crippen LogP) is 1.25. The minimum Gasteiger partial charge on any atom is -0.385 e. The van der Waals surface area contributed by atoms with Crippen LogP contribution in [0.4, 0.5) is 4.79 Å². The molecule has 4 heteroatoms. The van der Waals surface area contributed by atoms with Gasteiger partial charge in [-0.3, -0.25) is 4.90 Å². The zero-order valence-corrected chi connectivity index (χ0v) is 9.89. The summed E-state index contributed by atoms with van der Waals surface area (Å²) < 4.78 is 0. The zero-order valence-electron chi connectivity index (χ0n) is 9.89. The number of aryl methyl sites for hydroxylation is 1. The number of nitrogens with two attached hydrogens (primary N) is 1. The number of benzene rings is 1. The molecule has 3 rings (SSSR count). The molecule has 1 aliphatic heterocycles. The van der Waals surface area contributed by atoms with Gasteiger partial charge in [-0.05, 0) is 24.0 Å². The van der Waals surface area contributed by atoms with Gasteiger partial charge >= 0.3 is 6.03 Å². The summed E-state index contributed by atoms with van der Waals surface area (Å²) in [5, 5.41) is 0. The van der Waals surface area contributed by atoms with Crippen LogP contribution in [0.2, 0.25) is 0 Å². The zero-order chi connectivity index (χ0) is 12.8. The second-order valence-corrected chi connectivity index (χ2v) is 4.59. The minimum absolute atomic E-state index is 0.233. The number of amides is 2. The lowest BCUT2D eigenvalue weighted by Gasteiger charge is -2.34. The quantitative estimate of drug-likeness (QED) is 0.750. The van der Waals surface area contributed by atoms with Crippen molar-refractivity contribution in [3.05, 3.63) is 35.4 Å². The molecule has 2 N–H and O–H groups in total. The summed E-state index contributed by atoms with van der Waals surface area (Å²) in [6, 6.07) is 7.69. The molecule has 1 atom stereocenters. The normalized spacial score (nSPS) is 25.2. The monoisotopic (exact) mass is 239 g/mol. The van der Waals surface area contributed by atoms with Crippen molar-refractivity contribution in [3.8, 4) is 12.3 Å². The van der Waals surface area contributed by atoms with E-state index >= 15 is 0 Å². The highest BCUT2D eigenvalue weighted by atomic mass is 16.2. The Morgan fingerprint density at radius 2 is 2.28 bits per heavy atom. The largest absolute Gasteiger partial charge is 0.385 e. The van der Waals surface area contributed by atoms with E-state index in [-0.39, 0.29) is 12.6 Å². The average molecular weight is 239 g/mol. The van der Waals surface area contributed by atoms with E-state index in [1.54, 1.807) is 4.90 Å². The fraction of sp³-hybridized carbons (Fsp3) is 0.286. The third-order valence-electron chi connectivity index (χ3n) is 3.80. The van der Waals surface area contributed by atoms with Crippen LogP contribution in [0.5, 0.6) is 0 Å². The number of carbonyl (C=O) groups is 1.